The molecule has 0 saturated heterocycles. The summed E-state index contributed by atoms with van der Waals surface area (Å²) in [6.45, 7) is -0.320. The molecular weight excluding hydrogens is 379 g/mol. The van der Waals surface area contributed by atoms with Crippen molar-refractivity contribution in [3.05, 3.63) is 59.9 Å². The van der Waals surface area contributed by atoms with Crippen molar-refractivity contribution in [3.63, 3.8) is 0 Å². The van der Waals surface area contributed by atoms with Crippen LogP contribution in [0.2, 0.25) is 0 Å². The molecule has 0 aliphatic rings. The minimum atomic E-state index is -3.93. The highest BCUT2D eigenvalue weighted by atomic mass is 32.2. The fourth-order valence-electron chi connectivity index (χ4n) is 2.41. The number of nitrogens with one attached hydrogen (secondary N) is 1. The van der Waals surface area contributed by atoms with Crippen molar-refractivity contribution in [3.8, 4) is 0 Å². The van der Waals surface area contributed by atoms with Crippen LogP contribution in [-0.4, -0.2) is 43.7 Å². The van der Waals surface area contributed by atoms with Crippen LogP contribution in [-0.2, 0) is 19.9 Å². The van der Waals surface area contributed by atoms with E-state index < -0.39 is 30.9 Å². The Hall–Kier alpha value is -1.97. The Bertz CT molecular complexity index is 955. The van der Waals surface area contributed by atoms with Gasteiger partial charge in [-0.1, -0.05) is 12.1 Å². The number of nitrogens with zero attached hydrogens (tertiary/aromatic N) is 1. The molecule has 0 radical (unpaired) electrons. The molecule has 26 heavy (non-hydrogen) atoms. The maximum Gasteiger partial charge on any atom is 0.208 e. The van der Waals surface area contributed by atoms with Crippen LogP contribution in [0.4, 0.5) is 10.1 Å². The zero-order chi connectivity index (χ0) is 19.5. The van der Waals surface area contributed by atoms with E-state index in [4.69, 9.17) is 0 Å². The molecule has 1 N–H and O–H groups in total. The van der Waals surface area contributed by atoms with Crippen LogP contribution in [0.3, 0.4) is 0 Å². The number of sulfonamides is 1. The normalized spacial score (nSPS) is 13.4. The molecule has 142 valence electrons. The molecule has 2 rings (SSSR count). The first-order chi connectivity index (χ1) is 12.0. The fraction of sp³-hybridized carbons (Fsp3) is 0.294. The third-order valence-corrected chi connectivity index (χ3v) is 6.64. The maximum absolute atomic E-state index is 13.1. The lowest BCUT2D eigenvalue weighted by Gasteiger charge is -2.20. The Morgan fingerprint density at radius 2 is 1.50 bits per heavy atom. The molecule has 0 aliphatic carbocycles. The Morgan fingerprint density at radius 1 is 0.962 bits per heavy atom. The zero-order valence-corrected chi connectivity index (χ0v) is 16.3. The van der Waals surface area contributed by atoms with E-state index in [0.717, 1.165) is 24.1 Å². The number of rotatable bonds is 7. The van der Waals surface area contributed by atoms with Gasteiger partial charge in [0.15, 0.2) is 9.84 Å². The summed E-state index contributed by atoms with van der Waals surface area (Å²) in [4.78, 5) is 1.79. The van der Waals surface area contributed by atoms with Crippen LogP contribution < -0.4 is 9.62 Å². The highest BCUT2D eigenvalue weighted by Gasteiger charge is 2.30. The van der Waals surface area contributed by atoms with Crippen molar-refractivity contribution >= 4 is 25.5 Å². The Morgan fingerprint density at radius 3 is 1.96 bits per heavy atom. The van der Waals surface area contributed by atoms with Gasteiger partial charge in [-0.2, -0.15) is 0 Å². The van der Waals surface area contributed by atoms with E-state index in [2.05, 4.69) is 4.72 Å². The summed E-state index contributed by atoms with van der Waals surface area (Å²) in [6.07, 6.45) is 0.962. The molecule has 0 aliphatic heterocycles. The quantitative estimate of drug-likeness (QED) is 0.719. The number of hydrogen-bond donors (Lipinski definition) is 1. The average molecular weight is 400 g/mol. The molecular formula is C17H21FN2O4S2. The van der Waals surface area contributed by atoms with Crippen molar-refractivity contribution in [2.24, 2.45) is 0 Å². The van der Waals surface area contributed by atoms with E-state index >= 15 is 0 Å². The van der Waals surface area contributed by atoms with E-state index in [1.165, 1.54) is 12.1 Å². The van der Waals surface area contributed by atoms with Gasteiger partial charge in [-0.25, -0.2) is 25.9 Å². The molecule has 1 atom stereocenters. The van der Waals surface area contributed by atoms with Gasteiger partial charge >= 0.3 is 0 Å². The number of halogens is 1. The number of sulfone groups is 1. The average Bonchev–Trinajstić information content (AvgIpc) is 2.54. The number of hydrogen-bond acceptors (Lipinski definition) is 5. The van der Waals surface area contributed by atoms with Crippen molar-refractivity contribution < 1.29 is 21.2 Å². The number of benzene rings is 2. The Kier molecular flexibility index (Phi) is 6.05. The third kappa shape index (κ3) is 5.03. The van der Waals surface area contributed by atoms with E-state index in [0.29, 0.717) is 5.56 Å². The minimum absolute atomic E-state index is 0.0733. The SMILES string of the molecule is CN(C)c1ccc([C@@H](CNS(C)(=O)=O)S(=O)(=O)c2ccc(F)cc2)cc1. The predicted molar refractivity (Wildman–Crippen MR) is 99.9 cm³/mol. The van der Waals surface area contributed by atoms with Crippen LogP contribution in [0.5, 0.6) is 0 Å². The van der Waals surface area contributed by atoms with Crippen LogP contribution in [0.15, 0.2) is 53.4 Å². The van der Waals surface area contributed by atoms with Gasteiger partial charge in [-0.15, -0.1) is 0 Å². The molecule has 0 aromatic heterocycles. The van der Waals surface area contributed by atoms with Crippen LogP contribution in [0, 0.1) is 5.82 Å². The summed E-state index contributed by atoms with van der Waals surface area (Å²) in [5.41, 5.74) is 1.32. The Balaban J connectivity index is 2.47. The van der Waals surface area contributed by atoms with E-state index in [1.807, 2.05) is 19.0 Å². The predicted octanol–water partition coefficient (Wildman–Crippen LogP) is 1.96. The fourth-order valence-corrected chi connectivity index (χ4v) is 4.65. The molecule has 0 amide bonds. The summed E-state index contributed by atoms with van der Waals surface area (Å²) >= 11 is 0. The van der Waals surface area contributed by atoms with E-state index in [1.54, 1.807) is 24.3 Å². The van der Waals surface area contributed by atoms with Crippen molar-refractivity contribution in [2.75, 3.05) is 31.8 Å². The van der Waals surface area contributed by atoms with Crippen molar-refractivity contribution in [1.29, 1.82) is 0 Å². The van der Waals surface area contributed by atoms with Gasteiger partial charge in [0.2, 0.25) is 10.0 Å². The molecule has 0 spiro atoms. The first-order valence-electron chi connectivity index (χ1n) is 7.72. The molecule has 0 unspecified atom stereocenters. The van der Waals surface area contributed by atoms with Gasteiger partial charge in [0, 0.05) is 26.3 Å². The van der Waals surface area contributed by atoms with Crippen molar-refractivity contribution in [1.82, 2.24) is 4.72 Å². The van der Waals surface area contributed by atoms with Crippen LogP contribution in [0.25, 0.3) is 0 Å². The largest absolute Gasteiger partial charge is 0.378 e. The topological polar surface area (TPSA) is 83.6 Å². The smallest absolute Gasteiger partial charge is 0.208 e. The van der Waals surface area contributed by atoms with Gasteiger partial charge in [0.1, 0.15) is 11.1 Å². The molecule has 2 aromatic rings. The van der Waals surface area contributed by atoms with Gasteiger partial charge in [0.05, 0.1) is 11.2 Å². The van der Waals surface area contributed by atoms with E-state index in [-0.39, 0.29) is 11.4 Å². The van der Waals surface area contributed by atoms with Gasteiger partial charge in [0.25, 0.3) is 0 Å². The first kappa shape index (κ1) is 20.3. The molecule has 0 heterocycles. The Labute approximate surface area is 153 Å². The third-order valence-electron chi connectivity index (χ3n) is 3.83. The lowest BCUT2D eigenvalue weighted by atomic mass is 10.1. The molecule has 6 nitrogen and oxygen atoms in total. The first-order valence-corrected chi connectivity index (χ1v) is 11.2. The van der Waals surface area contributed by atoms with Gasteiger partial charge < -0.3 is 4.90 Å². The lowest BCUT2D eigenvalue weighted by Crippen LogP contribution is -2.31. The summed E-state index contributed by atoms with van der Waals surface area (Å²) in [5, 5.41) is -1.14. The number of anilines is 1. The molecule has 9 heteroatoms. The summed E-state index contributed by atoms with van der Waals surface area (Å²) in [5.74, 6) is -0.551. The second-order valence-corrected chi connectivity index (χ2v) is 10.1. The second-order valence-electron chi connectivity index (χ2n) is 6.09. The second kappa shape index (κ2) is 7.73. The standard InChI is InChI=1S/C17H21FN2O4S2/c1-20(2)15-8-4-13(5-9-15)17(12-19-25(3,21)22)26(23,24)16-10-6-14(18)7-11-16/h4-11,17,19H,12H2,1-3H3/t17-/m1/s1. The van der Waals surface area contributed by atoms with Crippen molar-refractivity contribution in [2.45, 2.75) is 10.1 Å². The zero-order valence-electron chi connectivity index (χ0n) is 14.7. The monoisotopic (exact) mass is 400 g/mol. The summed E-state index contributed by atoms with van der Waals surface area (Å²) in [7, 11) is -3.81. The van der Waals surface area contributed by atoms with Gasteiger partial charge in [-0.05, 0) is 42.0 Å². The lowest BCUT2D eigenvalue weighted by molar-refractivity contribution is 0.571. The molecule has 0 saturated carbocycles. The summed E-state index contributed by atoms with van der Waals surface area (Å²) in [6, 6.07) is 11.3. The van der Waals surface area contributed by atoms with Gasteiger partial charge in [-0.3, -0.25) is 0 Å². The van der Waals surface area contributed by atoms with Crippen LogP contribution >= 0.6 is 0 Å². The minimum Gasteiger partial charge on any atom is -0.378 e. The van der Waals surface area contributed by atoms with Crippen LogP contribution in [0.1, 0.15) is 10.8 Å². The molecule has 0 bridgehead atoms. The highest BCUT2D eigenvalue weighted by Crippen LogP contribution is 2.30. The summed E-state index contributed by atoms with van der Waals surface area (Å²) < 4.78 is 64.3. The highest BCUT2D eigenvalue weighted by molar-refractivity contribution is 7.92. The molecule has 2 aromatic carbocycles. The molecule has 0 fully saturated rings. The maximum atomic E-state index is 13.1. The van der Waals surface area contributed by atoms with E-state index in [9.17, 15) is 21.2 Å².